The van der Waals surface area contributed by atoms with E-state index >= 15 is 0 Å². The lowest BCUT2D eigenvalue weighted by molar-refractivity contribution is 0.221. The summed E-state index contributed by atoms with van der Waals surface area (Å²) in [6, 6.07) is 6.16. The molecule has 0 radical (unpaired) electrons. The van der Waals surface area contributed by atoms with Gasteiger partial charge in [0.25, 0.3) is 0 Å². The zero-order valence-corrected chi connectivity index (χ0v) is 13.5. The van der Waals surface area contributed by atoms with Gasteiger partial charge in [0.2, 0.25) is 0 Å². The average Bonchev–Trinajstić information content (AvgIpc) is 2.40. The molecule has 0 heterocycles. The normalized spacial score (nSPS) is 10.7. The van der Waals surface area contributed by atoms with Gasteiger partial charge in [0.1, 0.15) is 0 Å². The molecule has 3 nitrogen and oxygen atoms in total. The summed E-state index contributed by atoms with van der Waals surface area (Å²) in [7, 11) is 1.86. The fourth-order valence-electron chi connectivity index (χ4n) is 2.25. The number of anilines is 1. The van der Waals surface area contributed by atoms with Crippen LogP contribution in [-0.4, -0.2) is 24.5 Å². The molecule has 0 saturated carbocycles. The van der Waals surface area contributed by atoms with Crippen LogP contribution in [0.25, 0.3) is 0 Å². The fraction of sp³-hybridized carbons (Fsp3) is 0.588. The zero-order chi connectivity index (χ0) is 15.1. The van der Waals surface area contributed by atoms with Gasteiger partial charge in [-0.25, -0.2) is 4.79 Å². The predicted molar refractivity (Wildman–Crippen MR) is 86.4 cm³/mol. The Morgan fingerprint density at radius 1 is 1.30 bits per heavy atom. The van der Waals surface area contributed by atoms with Crippen LogP contribution in [0.1, 0.15) is 57.1 Å². The van der Waals surface area contributed by atoms with Gasteiger partial charge in [-0.15, -0.1) is 0 Å². The second kappa shape index (κ2) is 7.93. The van der Waals surface area contributed by atoms with Crippen molar-refractivity contribution in [3.8, 4) is 0 Å². The zero-order valence-electron chi connectivity index (χ0n) is 13.5. The van der Waals surface area contributed by atoms with E-state index in [0.717, 1.165) is 24.2 Å². The molecule has 0 saturated heterocycles. The Labute approximate surface area is 123 Å². The number of unbranched alkanes of at least 4 members (excludes halogenated alkanes) is 2. The largest absolute Gasteiger partial charge is 0.328 e. The van der Waals surface area contributed by atoms with E-state index < -0.39 is 0 Å². The average molecular weight is 276 g/mol. The van der Waals surface area contributed by atoms with E-state index in [-0.39, 0.29) is 6.03 Å². The summed E-state index contributed by atoms with van der Waals surface area (Å²) in [5.74, 6) is 0.399. The Bertz CT molecular complexity index is 441. The van der Waals surface area contributed by atoms with Gasteiger partial charge in [-0.1, -0.05) is 51.8 Å². The molecule has 1 N–H and O–H groups in total. The minimum Gasteiger partial charge on any atom is -0.328 e. The molecular formula is C17H28N2O. The summed E-state index contributed by atoms with van der Waals surface area (Å²) in [4.78, 5) is 14.0. The van der Waals surface area contributed by atoms with E-state index in [1.54, 1.807) is 4.90 Å². The van der Waals surface area contributed by atoms with Crippen molar-refractivity contribution in [3.05, 3.63) is 29.3 Å². The number of hydrogen-bond donors (Lipinski definition) is 1. The first-order valence-electron chi connectivity index (χ1n) is 7.59. The van der Waals surface area contributed by atoms with Gasteiger partial charge in [-0.05, 0) is 30.4 Å². The van der Waals surface area contributed by atoms with E-state index in [1.165, 1.54) is 18.4 Å². The minimum absolute atomic E-state index is 0.0164. The summed E-state index contributed by atoms with van der Waals surface area (Å²) in [6.45, 7) is 9.31. The van der Waals surface area contributed by atoms with Crippen molar-refractivity contribution in [1.82, 2.24) is 4.90 Å². The molecule has 0 spiro atoms. The Morgan fingerprint density at radius 3 is 2.60 bits per heavy atom. The lowest BCUT2D eigenvalue weighted by Gasteiger charge is -2.21. The highest BCUT2D eigenvalue weighted by Crippen LogP contribution is 2.27. The van der Waals surface area contributed by atoms with Gasteiger partial charge in [-0.2, -0.15) is 0 Å². The summed E-state index contributed by atoms with van der Waals surface area (Å²) < 4.78 is 0. The number of benzene rings is 1. The number of carbonyl (C=O) groups excluding carboxylic acids is 1. The van der Waals surface area contributed by atoms with Crippen molar-refractivity contribution in [1.29, 1.82) is 0 Å². The van der Waals surface area contributed by atoms with Crippen LogP contribution in [0.15, 0.2) is 18.2 Å². The van der Waals surface area contributed by atoms with Gasteiger partial charge < -0.3 is 10.2 Å². The van der Waals surface area contributed by atoms with Crippen LogP contribution in [0.3, 0.4) is 0 Å². The van der Waals surface area contributed by atoms with E-state index in [9.17, 15) is 4.79 Å². The Hall–Kier alpha value is -1.51. The maximum atomic E-state index is 12.2. The number of rotatable bonds is 6. The molecule has 0 aliphatic heterocycles. The van der Waals surface area contributed by atoms with Crippen LogP contribution in [0.5, 0.6) is 0 Å². The molecule has 1 rings (SSSR count). The third-order valence-electron chi connectivity index (χ3n) is 3.60. The summed E-state index contributed by atoms with van der Waals surface area (Å²) in [5.41, 5.74) is 3.28. The lowest BCUT2D eigenvalue weighted by Crippen LogP contribution is -2.32. The first kappa shape index (κ1) is 16.5. The molecule has 3 heteroatoms. The van der Waals surface area contributed by atoms with Crippen LogP contribution in [0.4, 0.5) is 10.5 Å². The van der Waals surface area contributed by atoms with Crippen molar-refractivity contribution >= 4 is 11.7 Å². The van der Waals surface area contributed by atoms with Gasteiger partial charge in [0, 0.05) is 19.3 Å². The fourth-order valence-corrected chi connectivity index (χ4v) is 2.25. The van der Waals surface area contributed by atoms with E-state index in [4.69, 9.17) is 0 Å². The molecule has 0 aromatic heterocycles. The van der Waals surface area contributed by atoms with Gasteiger partial charge in [0.15, 0.2) is 0 Å². The molecule has 0 fully saturated rings. The molecule has 0 aliphatic carbocycles. The van der Waals surface area contributed by atoms with Crippen LogP contribution in [-0.2, 0) is 0 Å². The minimum atomic E-state index is -0.0164. The van der Waals surface area contributed by atoms with Crippen LogP contribution in [0, 0.1) is 6.92 Å². The monoisotopic (exact) mass is 276 g/mol. The standard InChI is InChI=1S/C17H28N2O/c1-6-7-8-12-19(5)17(20)18-16-14(4)10-9-11-15(16)13(2)3/h9-11,13H,6-8,12H2,1-5H3,(H,18,20). The SMILES string of the molecule is CCCCCN(C)C(=O)Nc1c(C)cccc1C(C)C. The first-order chi connectivity index (χ1) is 9.47. The molecule has 112 valence electrons. The number of nitrogens with zero attached hydrogens (tertiary/aromatic N) is 1. The van der Waals surface area contributed by atoms with Crippen molar-refractivity contribution in [2.45, 2.75) is 52.9 Å². The highest BCUT2D eigenvalue weighted by Gasteiger charge is 2.14. The lowest BCUT2D eigenvalue weighted by atomic mass is 9.98. The second-order valence-corrected chi connectivity index (χ2v) is 5.75. The van der Waals surface area contributed by atoms with Crippen LogP contribution < -0.4 is 5.32 Å². The topological polar surface area (TPSA) is 32.3 Å². The predicted octanol–water partition coefficient (Wildman–Crippen LogP) is 4.77. The third kappa shape index (κ3) is 4.55. The number of aryl methyl sites for hydroxylation is 1. The second-order valence-electron chi connectivity index (χ2n) is 5.75. The maximum absolute atomic E-state index is 12.2. The number of amides is 2. The molecule has 0 unspecified atom stereocenters. The number of hydrogen-bond acceptors (Lipinski definition) is 1. The highest BCUT2D eigenvalue weighted by molar-refractivity contribution is 5.91. The third-order valence-corrected chi connectivity index (χ3v) is 3.60. The Morgan fingerprint density at radius 2 is 2.00 bits per heavy atom. The molecule has 1 aromatic carbocycles. The van der Waals surface area contributed by atoms with Gasteiger partial charge in [-0.3, -0.25) is 0 Å². The number of carbonyl (C=O) groups is 1. The summed E-state index contributed by atoms with van der Waals surface area (Å²) in [6.07, 6.45) is 3.40. The van der Waals surface area contributed by atoms with Gasteiger partial charge in [0.05, 0.1) is 0 Å². The number of para-hydroxylation sites is 1. The smallest absolute Gasteiger partial charge is 0.321 e. The highest BCUT2D eigenvalue weighted by atomic mass is 16.2. The number of nitrogens with one attached hydrogen (secondary N) is 1. The molecule has 0 bridgehead atoms. The van der Waals surface area contributed by atoms with Gasteiger partial charge >= 0.3 is 6.03 Å². The maximum Gasteiger partial charge on any atom is 0.321 e. The summed E-state index contributed by atoms with van der Waals surface area (Å²) in [5, 5.41) is 3.07. The molecular weight excluding hydrogens is 248 g/mol. The molecule has 1 aromatic rings. The van der Waals surface area contributed by atoms with E-state index in [0.29, 0.717) is 5.92 Å². The van der Waals surface area contributed by atoms with E-state index in [1.807, 2.05) is 26.1 Å². The Kier molecular flexibility index (Phi) is 6.56. The van der Waals surface area contributed by atoms with E-state index in [2.05, 4.69) is 32.2 Å². The number of urea groups is 1. The van der Waals surface area contributed by atoms with Crippen molar-refractivity contribution < 1.29 is 4.79 Å². The van der Waals surface area contributed by atoms with Crippen molar-refractivity contribution in [3.63, 3.8) is 0 Å². The summed E-state index contributed by atoms with van der Waals surface area (Å²) >= 11 is 0. The van der Waals surface area contributed by atoms with Crippen molar-refractivity contribution in [2.24, 2.45) is 0 Å². The van der Waals surface area contributed by atoms with Crippen LogP contribution in [0.2, 0.25) is 0 Å². The first-order valence-corrected chi connectivity index (χ1v) is 7.59. The molecule has 20 heavy (non-hydrogen) atoms. The molecule has 0 atom stereocenters. The van der Waals surface area contributed by atoms with Crippen molar-refractivity contribution in [2.75, 3.05) is 18.9 Å². The van der Waals surface area contributed by atoms with Crippen LogP contribution >= 0.6 is 0 Å². The molecule has 2 amide bonds. The molecule has 0 aliphatic rings. The quantitative estimate of drug-likeness (QED) is 0.746. The Balaban J connectivity index is 2.75.